The summed E-state index contributed by atoms with van der Waals surface area (Å²) in [5.41, 5.74) is 2.79. The Bertz CT molecular complexity index is 456. The van der Waals surface area contributed by atoms with Crippen molar-refractivity contribution in [3.63, 3.8) is 0 Å². The summed E-state index contributed by atoms with van der Waals surface area (Å²) in [6.07, 6.45) is 5.22. The van der Waals surface area contributed by atoms with Gasteiger partial charge in [0.05, 0.1) is 19.3 Å². The normalized spacial score (nSPS) is 25.3. The molecule has 2 unspecified atom stereocenters. The molecule has 2 aliphatic carbocycles. The molecule has 1 fully saturated rings. The zero-order valence-electron chi connectivity index (χ0n) is 12.5. The van der Waals surface area contributed by atoms with Crippen LogP contribution in [-0.2, 0) is 11.2 Å². The topological polar surface area (TPSA) is 30.5 Å². The highest BCUT2D eigenvalue weighted by atomic mass is 16.5. The van der Waals surface area contributed by atoms with Crippen molar-refractivity contribution in [2.45, 2.75) is 44.8 Å². The number of methoxy groups -OCH3 is 1. The first-order chi connectivity index (χ1) is 9.81. The molecule has 3 rings (SSSR count). The molecular weight excluding hydrogens is 250 g/mol. The molecule has 3 nitrogen and oxygen atoms in total. The summed E-state index contributed by atoms with van der Waals surface area (Å²) in [5, 5.41) is 3.61. The van der Waals surface area contributed by atoms with Crippen LogP contribution < -0.4 is 10.1 Å². The van der Waals surface area contributed by atoms with Crippen LogP contribution in [0.15, 0.2) is 18.2 Å². The molecule has 2 atom stereocenters. The van der Waals surface area contributed by atoms with E-state index in [4.69, 9.17) is 9.47 Å². The van der Waals surface area contributed by atoms with Crippen molar-refractivity contribution in [3.8, 4) is 5.75 Å². The van der Waals surface area contributed by atoms with Crippen LogP contribution in [0.2, 0.25) is 0 Å². The number of benzene rings is 1. The van der Waals surface area contributed by atoms with Crippen LogP contribution >= 0.6 is 0 Å². The van der Waals surface area contributed by atoms with Gasteiger partial charge in [0.15, 0.2) is 0 Å². The number of rotatable bonds is 6. The van der Waals surface area contributed by atoms with Crippen LogP contribution in [0.25, 0.3) is 0 Å². The molecule has 1 saturated carbocycles. The highest BCUT2D eigenvalue weighted by Gasteiger charge is 2.32. The van der Waals surface area contributed by atoms with Crippen LogP contribution in [0.3, 0.4) is 0 Å². The van der Waals surface area contributed by atoms with E-state index in [2.05, 4.69) is 30.4 Å². The molecule has 2 aliphatic rings. The minimum absolute atomic E-state index is 0.301. The lowest BCUT2D eigenvalue weighted by Crippen LogP contribution is -2.38. The molecule has 0 heterocycles. The van der Waals surface area contributed by atoms with Gasteiger partial charge in [-0.25, -0.2) is 0 Å². The molecule has 0 saturated heterocycles. The summed E-state index contributed by atoms with van der Waals surface area (Å²) in [4.78, 5) is 0. The highest BCUT2D eigenvalue weighted by Crippen LogP contribution is 2.36. The number of aryl methyl sites for hydroxylation is 1. The molecule has 0 aromatic heterocycles. The average molecular weight is 275 g/mol. The fraction of sp³-hybridized carbons (Fsp3) is 0.647. The van der Waals surface area contributed by atoms with E-state index >= 15 is 0 Å². The maximum Gasteiger partial charge on any atom is 0.119 e. The lowest BCUT2D eigenvalue weighted by Gasteiger charge is -2.34. The van der Waals surface area contributed by atoms with Crippen molar-refractivity contribution in [1.82, 2.24) is 5.32 Å². The van der Waals surface area contributed by atoms with E-state index in [-0.39, 0.29) is 0 Å². The summed E-state index contributed by atoms with van der Waals surface area (Å²) in [7, 11) is 1.73. The standard InChI is InChI=1S/C17H25NO2/c1-3-18-17-15-10-14(19-2)8-6-13(15)7-9-16(17)20-11-12-4-5-12/h6,8,10,12,16-18H,3-5,7,9,11H2,1-2H3. The van der Waals surface area contributed by atoms with Crippen molar-refractivity contribution in [3.05, 3.63) is 29.3 Å². The lowest BCUT2D eigenvalue weighted by atomic mass is 9.85. The molecule has 20 heavy (non-hydrogen) atoms. The van der Waals surface area contributed by atoms with Crippen LogP contribution in [0.4, 0.5) is 0 Å². The van der Waals surface area contributed by atoms with Gasteiger partial charge in [0, 0.05) is 6.61 Å². The van der Waals surface area contributed by atoms with E-state index in [1.807, 2.05) is 0 Å². The monoisotopic (exact) mass is 275 g/mol. The maximum atomic E-state index is 6.20. The third kappa shape index (κ3) is 2.99. The summed E-state index contributed by atoms with van der Waals surface area (Å²) < 4.78 is 11.6. The van der Waals surface area contributed by atoms with Crippen LogP contribution in [0.1, 0.15) is 43.4 Å². The summed E-state index contributed by atoms with van der Waals surface area (Å²) in [6, 6.07) is 6.75. The minimum atomic E-state index is 0.301. The number of fused-ring (bicyclic) bond motifs is 1. The molecule has 0 radical (unpaired) electrons. The number of ether oxygens (including phenoxy) is 2. The van der Waals surface area contributed by atoms with Gasteiger partial charge < -0.3 is 14.8 Å². The lowest BCUT2D eigenvalue weighted by molar-refractivity contribution is 0.0100. The van der Waals surface area contributed by atoms with Crippen molar-refractivity contribution >= 4 is 0 Å². The van der Waals surface area contributed by atoms with E-state index < -0.39 is 0 Å². The van der Waals surface area contributed by atoms with Gasteiger partial charge in [-0.2, -0.15) is 0 Å². The van der Waals surface area contributed by atoms with Crippen molar-refractivity contribution < 1.29 is 9.47 Å². The van der Waals surface area contributed by atoms with Gasteiger partial charge in [-0.1, -0.05) is 13.0 Å². The number of hydrogen-bond acceptors (Lipinski definition) is 3. The average Bonchev–Trinajstić information content (AvgIpc) is 3.30. The highest BCUT2D eigenvalue weighted by molar-refractivity contribution is 5.40. The molecule has 0 spiro atoms. The molecule has 0 amide bonds. The Kier molecular flexibility index (Phi) is 4.27. The molecule has 1 aromatic rings. The second kappa shape index (κ2) is 6.15. The van der Waals surface area contributed by atoms with Gasteiger partial charge in [-0.3, -0.25) is 0 Å². The summed E-state index contributed by atoms with van der Waals surface area (Å²) >= 11 is 0. The van der Waals surface area contributed by atoms with E-state index in [0.29, 0.717) is 12.1 Å². The Balaban J connectivity index is 1.79. The van der Waals surface area contributed by atoms with E-state index in [1.165, 1.54) is 24.0 Å². The SMILES string of the molecule is CCNC1c2cc(OC)ccc2CCC1OCC1CC1. The predicted octanol–water partition coefficient (Wildman–Crippen LogP) is 3.09. The third-order valence-electron chi connectivity index (χ3n) is 4.43. The Labute approximate surface area is 121 Å². The minimum Gasteiger partial charge on any atom is -0.497 e. The second-order valence-electron chi connectivity index (χ2n) is 5.95. The Morgan fingerprint density at radius 2 is 2.10 bits per heavy atom. The van der Waals surface area contributed by atoms with Gasteiger partial charge in [0.25, 0.3) is 0 Å². The largest absolute Gasteiger partial charge is 0.497 e. The van der Waals surface area contributed by atoms with Crippen molar-refractivity contribution in [1.29, 1.82) is 0 Å². The fourth-order valence-electron chi connectivity index (χ4n) is 3.07. The Hall–Kier alpha value is -1.06. The van der Waals surface area contributed by atoms with Gasteiger partial charge in [0.1, 0.15) is 5.75 Å². The molecule has 0 aliphatic heterocycles. The molecule has 1 N–H and O–H groups in total. The molecule has 0 bridgehead atoms. The van der Waals surface area contributed by atoms with Gasteiger partial charge in [0.2, 0.25) is 0 Å². The predicted molar refractivity (Wildman–Crippen MR) is 80.2 cm³/mol. The first-order valence-corrected chi connectivity index (χ1v) is 7.83. The number of hydrogen-bond donors (Lipinski definition) is 1. The van der Waals surface area contributed by atoms with Gasteiger partial charge in [-0.05, 0) is 61.4 Å². The van der Waals surface area contributed by atoms with E-state index in [1.54, 1.807) is 7.11 Å². The first kappa shape index (κ1) is 13.9. The Morgan fingerprint density at radius 1 is 1.25 bits per heavy atom. The number of nitrogens with one attached hydrogen (secondary N) is 1. The quantitative estimate of drug-likeness (QED) is 0.865. The zero-order valence-corrected chi connectivity index (χ0v) is 12.5. The number of likely N-dealkylation sites (N-methyl/N-ethyl adjacent to an activating group) is 1. The summed E-state index contributed by atoms with van der Waals surface area (Å²) in [6.45, 7) is 4.06. The van der Waals surface area contributed by atoms with Gasteiger partial charge in [-0.15, -0.1) is 0 Å². The Morgan fingerprint density at radius 3 is 2.80 bits per heavy atom. The maximum absolute atomic E-state index is 6.20. The van der Waals surface area contributed by atoms with Crippen molar-refractivity contribution in [2.24, 2.45) is 5.92 Å². The third-order valence-corrected chi connectivity index (χ3v) is 4.43. The summed E-state index contributed by atoms with van der Waals surface area (Å²) in [5.74, 6) is 1.76. The van der Waals surface area contributed by atoms with E-state index in [9.17, 15) is 0 Å². The molecular formula is C17H25NO2. The van der Waals surface area contributed by atoms with Gasteiger partial charge >= 0.3 is 0 Å². The fourth-order valence-corrected chi connectivity index (χ4v) is 3.07. The molecule has 110 valence electrons. The van der Waals surface area contributed by atoms with E-state index in [0.717, 1.165) is 37.7 Å². The van der Waals surface area contributed by atoms with Crippen LogP contribution in [0, 0.1) is 5.92 Å². The second-order valence-corrected chi connectivity index (χ2v) is 5.95. The van der Waals surface area contributed by atoms with Crippen LogP contribution in [-0.4, -0.2) is 26.4 Å². The van der Waals surface area contributed by atoms with Crippen molar-refractivity contribution in [2.75, 3.05) is 20.3 Å². The molecule has 3 heteroatoms. The smallest absolute Gasteiger partial charge is 0.119 e. The first-order valence-electron chi connectivity index (χ1n) is 7.83. The zero-order chi connectivity index (χ0) is 13.9. The van der Waals surface area contributed by atoms with Crippen LogP contribution in [0.5, 0.6) is 5.75 Å². The molecule has 1 aromatic carbocycles.